The van der Waals surface area contributed by atoms with E-state index in [-0.39, 0.29) is 17.2 Å². The standard InChI is InChI=1S/C29H23N3O6/c1-35-21-14-15-22(36-2)26-25(21)24(18-9-4-3-5-10-18)27(31-26)28(33)32-30-17-19-11-6-7-12-20(19)38-29(34)23-13-8-16-37-23/h3-17,31H,1-2H3,(H,32,33). The fourth-order valence-electron chi connectivity index (χ4n) is 4.09. The largest absolute Gasteiger partial charge is 0.496 e. The molecule has 0 atom stereocenters. The maximum absolute atomic E-state index is 13.4. The van der Waals surface area contributed by atoms with Crippen molar-refractivity contribution in [2.24, 2.45) is 5.10 Å². The zero-order valence-electron chi connectivity index (χ0n) is 20.6. The van der Waals surface area contributed by atoms with Crippen molar-refractivity contribution in [2.75, 3.05) is 14.2 Å². The molecule has 0 saturated heterocycles. The van der Waals surface area contributed by atoms with E-state index in [2.05, 4.69) is 15.5 Å². The molecule has 9 heteroatoms. The van der Waals surface area contributed by atoms with Gasteiger partial charge in [0.05, 0.1) is 37.6 Å². The molecule has 0 unspecified atom stereocenters. The molecule has 3 aromatic carbocycles. The predicted molar refractivity (Wildman–Crippen MR) is 142 cm³/mol. The minimum atomic E-state index is -0.645. The Kier molecular flexibility index (Phi) is 6.90. The van der Waals surface area contributed by atoms with Gasteiger partial charge in [-0.25, -0.2) is 10.2 Å². The third-order valence-electron chi connectivity index (χ3n) is 5.82. The summed E-state index contributed by atoms with van der Waals surface area (Å²) in [6.07, 6.45) is 2.78. The minimum Gasteiger partial charge on any atom is -0.496 e. The molecule has 0 bridgehead atoms. The third kappa shape index (κ3) is 4.72. The van der Waals surface area contributed by atoms with Gasteiger partial charge >= 0.3 is 5.97 Å². The number of H-pyrrole nitrogens is 1. The van der Waals surface area contributed by atoms with E-state index in [1.54, 1.807) is 56.7 Å². The number of amides is 1. The number of hydrogen-bond donors (Lipinski definition) is 2. The average molecular weight is 510 g/mol. The van der Waals surface area contributed by atoms with Gasteiger partial charge in [-0.15, -0.1) is 0 Å². The molecule has 0 fully saturated rings. The lowest BCUT2D eigenvalue weighted by atomic mass is 10.0. The summed E-state index contributed by atoms with van der Waals surface area (Å²) in [6, 6.07) is 23.0. The van der Waals surface area contributed by atoms with Gasteiger partial charge in [-0.1, -0.05) is 42.5 Å². The van der Waals surface area contributed by atoms with Crippen LogP contribution in [-0.2, 0) is 0 Å². The van der Waals surface area contributed by atoms with Crippen molar-refractivity contribution in [3.05, 3.63) is 102 Å². The van der Waals surface area contributed by atoms with Crippen molar-refractivity contribution in [3.63, 3.8) is 0 Å². The molecule has 0 spiro atoms. The van der Waals surface area contributed by atoms with E-state index in [4.69, 9.17) is 18.6 Å². The number of para-hydroxylation sites is 1. The van der Waals surface area contributed by atoms with Gasteiger partial charge in [0.25, 0.3) is 5.91 Å². The summed E-state index contributed by atoms with van der Waals surface area (Å²) in [7, 11) is 3.13. The zero-order valence-corrected chi connectivity index (χ0v) is 20.6. The van der Waals surface area contributed by atoms with Crippen molar-refractivity contribution >= 4 is 29.0 Å². The van der Waals surface area contributed by atoms with Gasteiger partial charge in [0.1, 0.15) is 22.9 Å². The van der Waals surface area contributed by atoms with E-state index in [1.807, 2.05) is 30.3 Å². The topological polar surface area (TPSA) is 115 Å². The molecule has 2 heterocycles. The second-order valence-corrected chi connectivity index (χ2v) is 8.06. The van der Waals surface area contributed by atoms with Crippen LogP contribution < -0.4 is 19.6 Å². The number of carbonyl (C=O) groups is 2. The van der Waals surface area contributed by atoms with Gasteiger partial charge in [-0.3, -0.25) is 4.79 Å². The summed E-state index contributed by atoms with van der Waals surface area (Å²) in [5.41, 5.74) is 5.41. The lowest BCUT2D eigenvalue weighted by Crippen LogP contribution is -2.19. The van der Waals surface area contributed by atoms with Crippen molar-refractivity contribution in [1.29, 1.82) is 0 Å². The number of ether oxygens (including phenoxy) is 3. The fourth-order valence-corrected chi connectivity index (χ4v) is 4.09. The van der Waals surface area contributed by atoms with Crippen LogP contribution in [0.2, 0.25) is 0 Å². The van der Waals surface area contributed by atoms with Crippen LogP contribution in [0.3, 0.4) is 0 Å². The quantitative estimate of drug-likeness (QED) is 0.125. The highest BCUT2D eigenvalue weighted by Gasteiger charge is 2.24. The SMILES string of the molecule is COc1ccc(OC)c2c(-c3ccccc3)c(C(=O)NN=Cc3ccccc3OC(=O)c3ccco3)[nH]c12. The molecule has 190 valence electrons. The minimum absolute atomic E-state index is 0.0724. The highest BCUT2D eigenvalue weighted by molar-refractivity contribution is 6.13. The van der Waals surface area contributed by atoms with Crippen LogP contribution >= 0.6 is 0 Å². The first-order valence-electron chi connectivity index (χ1n) is 11.6. The second kappa shape index (κ2) is 10.8. The van der Waals surface area contributed by atoms with Gasteiger partial charge in [0, 0.05) is 11.1 Å². The van der Waals surface area contributed by atoms with Crippen LogP contribution in [0, 0.1) is 0 Å². The molecule has 38 heavy (non-hydrogen) atoms. The number of rotatable bonds is 8. The first-order chi connectivity index (χ1) is 18.6. The molecule has 9 nitrogen and oxygen atoms in total. The number of esters is 1. The molecular formula is C29H23N3O6. The molecule has 0 radical (unpaired) electrons. The summed E-state index contributed by atoms with van der Waals surface area (Å²) in [5, 5.41) is 4.83. The smallest absolute Gasteiger partial charge is 0.379 e. The van der Waals surface area contributed by atoms with Gasteiger partial charge in [0.2, 0.25) is 5.76 Å². The summed E-state index contributed by atoms with van der Waals surface area (Å²) in [6.45, 7) is 0. The molecule has 2 aromatic heterocycles. The normalized spacial score (nSPS) is 11.0. The lowest BCUT2D eigenvalue weighted by Gasteiger charge is -2.09. The number of carbonyl (C=O) groups excluding carboxylic acids is 2. The van der Waals surface area contributed by atoms with E-state index >= 15 is 0 Å². The van der Waals surface area contributed by atoms with Crippen molar-refractivity contribution in [1.82, 2.24) is 10.4 Å². The number of furan rings is 1. The molecule has 2 N–H and O–H groups in total. The Hall–Kier alpha value is -5.31. The van der Waals surface area contributed by atoms with Crippen LogP contribution in [0.15, 0.2) is 94.6 Å². The molecular weight excluding hydrogens is 486 g/mol. The summed E-state index contributed by atoms with van der Waals surface area (Å²) in [4.78, 5) is 28.9. The average Bonchev–Trinajstić information content (AvgIpc) is 3.63. The van der Waals surface area contributed by atoms with Gasteiger partial charge in [-0.2, -0.15) is 5.10 Å². The number of hydrogen-bond acceptors (Lipinski definition) is 7. The number of benzene rings is 3. The van der Waals surface area contributed by atoms with Gasteiger partial charge < -0.3 is 23.6 Å². The predicted octanol–water partition coefficient (Wildman–Crippen LogP) is 5.43. The summed E-state index contributed by atoms with van der Waals surface area (Å²) >= 11 is 0. The summed E-state index contributed by atoms with van der Waals surface area (Å²) < 4.78 is 21.7. The van der Waals surface area contributed by atoms with Gasteiger partial charge in [-0.05, 0) is 42.0 Å². The van der Waals surface area contributed by atoms with Crippen LogP contribution in [0.25, 0.3) is 22.0 Å². The van der Waals surface area contributed by atoms with Crippen molar-refractivity contribution < 1.29 is 28.2 Å². The maximum Gasteiger partial charge on any atom is 0.379 e. The van der Waals surface area contributed by atoms with Crippen LogP contribution in [-0.4, -0.2) is 37.3 Å². The molecule has 0 aliphatic carbocycles. The Balaban J connectivity index is 1.47. The van der Waals surface area contributed by atoms with Crippen LogP contribution in [0.4, 0.5) is 0 Å². The third-order valence-corrected chi connectivity index (χ3v) is 5.82. The van der Waals surface area contributed by atoms with E-state index in [9.17, 15) is 9.59 Å². The number of aromatic nitrogens is 1. The van der Waals surface area contributed by atoms with Crippen LogP contribution in [0.5, 0.6) is 17.2 Å². The van der Waals surface area contributed by atoms with E-state index in [0.717, 1.165) is 5.56 Å². The first kappa shape index (κ1) is 24.4. The number of nitrogens with one attached hydrogen (secondary N) is 2. The van der Waals surface area contributed by atoms with Gasteiger partial charge in [0.15, 0.2) is 0 Å². The molecule has 5 rings (SSSR count). The molecule has 1 amide bonds. The monoisotopic (exact) mass is 509 g/mol. The number of methoxy groups -OCH3 is 2. The number of aromatic amines is 1. The number of hydrazone groups is 1. The first-order valence-corrected chi connectivity index (χ1v) is 11.6. The van der Waals surface area contributed by atoms with E-state index in [1.165, 1.54) is 18.5 Å². The highest BCUT2D eigenvalue weighted by Crippen LogP contribution is 2.42. The van der Waals surface area contributed by atoms with Crippen LogP contribution in [0.1, 0.15) is 26.6 Å². The Morgan fingerprint density at radius 3 is 2.34 bits per heavy atom. The molecule has 0 aliphatic rings. The lowest BCUT2D eigenvalue weighted by molar-refractivity contribution is 0.0701. The number of fused-ring (bicyclic) bond motifs is 1. The molecule has 0 aliphatic heterocycles. The Labute approximate surface area is 217 Å². The maximum atomic E-state index is 13.4. The van der Waals surface area contributed by atoms with Crippen molar-refractivity contribution in [3.8, 4) is 28.4 Å². The zero-order chi connectivity index (χ0) is 26.5. The molecule has 5 aromatic rings. The Bertz CT molecular complexity index is 1620. The Morgan fingerprint density at radius 1 is 0.868 bits per heavy atom. The fraction of sp³-hybridized carbons (Fsp3) is 0.0690. The van der Waals surface area contributed by atoms with E-state index < -0.39 is 11.9 Å². The molecule has 0 saturated carbocycles. The second-order valence-electron chi connectivity index (χ2n) is 8.06. The Morgan fingerprint density at radius 2 is 1.61 bits per heavy atom. The van der Waals surface area contributed by atoms with E-state index in [0.29, 0.717) is 33.5 Å². The highest BCUT2D eigenvalue weighted by atomic mass is 16.5. The summed E-state index contributed by atoms with van der Waals surface area (Å²) in [5.74, 6) is 0.359. The van der Waals surface area contributed by atoms with Crippen molar-refractivity contribution in [2.45, 2.75) is 0 Å². The number of nitrogens with zero attached hydrogens (tertiary/aromatic N) is 1.